The molecular formula is C22H29NO3S. The third-order valence-electron chi connectivity index (χ3n) is 7.39. The SMILES string of the molecule is CC(C)OC(=O)c1c(NC(=O)C23CC4CC(CC2C4)C3)sc2c1CCCC2. The molecule has 1 N–H and O–H groups in total. The Morgan fingerprint density at radius 3 is 2.52 bits per heavy atom. The molecule has 2 unspecified atom stereocenters. The lowest BCUT2D eigenvalue weighted by atomic mass is 9.75. The Hall–Kier alpha value is -1.36. The molecular weight excluding hydrogens is 358 g/mol. The highest BCUT2D eigenvalue weighted by Gasteiger charge is 2.61. The summed E-state index contributed by atoms with van der Waals surface area (Å²) in [6.07, 6.45) is 9.93. The lowest BCUT2D eigenvalue weighted by molar-refractivity contribution is -0.127. The molecule has 0 saturated heterocycles. The van der Waals surface area contributed by atoms with E-state index in [1.165, 1.54) is 24.1 Å². The summed E-state index contributed by atoms with van der Waals surface area (Å²) in [6, 6.07) is 0. The molecule has 146 valence electrons. The lowest BCUT2D eigenvalue weighted by Crippen LogP contribution is -2.37. The van der Waals surface area contributed by atoms with Crippen molar-refractivity contribution in [3.8, 4) is 0 Å². The quantitative estimate of drug-likeness (QED) is 0.743. The van der Waals surface area contributed by atoms with Gasteiger partial charge in [-0.15, -0.1) is 11.3 Å². The Kier molecular flexibility index (Phi) is 4.15. The van der Waals surface area contributed by atoms with Crippen LogP contribution in [0.4, 0.5) is 5.00 Å². The predicted molar refractivity (Wildman–Crippen MR) is 106 cm³/mol. The van der Waals surface area contributed by atoms with Crippen molar-refractivity contribution >= 4 is 28.2 Å². The van der Waals surface area contributed by atoms with Gasteiger partial charge >= 0.3 is 5.97 Å². The maximum atomic E-state index is 13.4. The molecule has 1 amide bonds. The molecule has 6 rings (SSSR count). The van der Waals surface area contributed by atoms with Crippen molar-refractivity contribution in [2.24, 2.45) is 23.2 Å². The molecule has 4 saturated carbocycles. The number of esters is 1. The summed E-state index contributed by atoms with van der Waals surface area (Å²) in [5, 5.41) is 3.99. The second kappa shape index (κ2) is 6.33. The van der Waals surface area contributed by atoms with Gasteiger partial charge in [0.1, 0.15) is 5.00 Å². The number of carbonyl (C=O) groups excluding carboxylic acids is 2. The van der Waals surface area contributed by atoms with Crippen LogP contribution in [0.2, 0.25) is 0 Å². The van der Waals surface area contributed by atoms with Crippen LogP contribution in [0.25, 0.3) is 0 Å². The maximum Gasteiger partial charge on any atom is 0.341 e. The topological polar surface area (TPSA) is 55.4 Å². The molecule has 4 fully saturated rings. The molecule has 1 aromatic heterocycles. The third kappa shape index (κ3) is 2.76. The highest BCUT2D eigenvalue weighted by atomic mass is 32.1. The van der Waals surface area contributed by atoms with E-state index in [0.29, 0.717) is 11.5 Å². The maximum absolute atomic E-state index is 13.4. The molecule has 27 heavy (non-hydrogen) atoms. The highest BCUT2D eigenvalue weighted by molar-refractivity contribution is 7.17. The van der Waals surface area contributed by atoms with Crippen LogP contribution in [0, 0.1) is 23.2 Å². The van der Waals surface area contributed by atoms with Crippen LogP contribution >= 0.6 is 11.3 Å². The van der Waals surface area contributed by atoms with E-state index in [2.05, 4.69) is 5.32 Å². The minimum absolute atomic E-state index is 0.153. The second-order valence-corrected chi connectivity index (χ2v) is 10.6. The third-order valence-corrected chi connectivity index (χ3v) is 8.59. The Labute approximate surface area is 165 Å². The number of amides is 1. The summed E-state index contributed by atoms with van der Waals surface area (Å²) in [5.41, 5.74) is 1.60. The number of nitrogens with one attached hydrogen (secondary N) is 1. The predicted octanol–water partition coefficient (Wildman–Crippen LogP) is 4.96. The van der Waals surface area contributed by atoms with Gasteiger partial charge in [-0.3, -0.25) is 4.79 Å². The number of carbonyl (C=O) groups is 2. The van der Waals surface area contributed by atoms with E-state index in [-0.39, 0.29) is 23.4 Å². The fourth-order valence-electron chi connectivity index (χ4n) is 6.54. The van der Waals surface area contributed by atoms with Gasteiger partial charge in [0.25, 0.3) is 0 Å². The van der Waals surface area contributed by atoms with Crippen molar-refractivity contribution in [3.05, 3.63) is 16.0 Å². The first kappa shape index (κ1) is 17.7. The first-order valence-electron chi connectivity index (χ1n) is 10.6. The van der Waals surface area contributed by atoms with Gasteiger partial charge in [-0.1, -0.05) is 0 Å². The summed E-state index contributed by atoms with van der Waals surface area (Å²) in [6.45, 7) is 3.75. The van der Waals surface area contributed by atoms with Crippen LogP contribution in [-0.4, -0.2) is 18.0 Å². The van der Waals surface area contributed by atoms with E-state index in [4.69, 9.17) is 4.74 Å². The summed E-state index contributed by atoms with van der Waals surface area (Å²) in [7, 11) is 0. The second-order valence-electron chi connectivity index (χ2n) is 9.52. The minimum Gasteiger partial charge on any atom is -0.459 e. The largest absolute Gasteiger partial charge is 0.459 e. The molecule has 2 atom stereocenters. The van der Waals surface area contributed by atoms with E-state index < -0.39 is 0 Å². The van der Waals surface area contributed by atoms with E-state index in [1.54, 1.807) is 11.3 Å². The van der Waals surface area contributed by atoms with E-state index in [1.807, 2.05) is 13.8 Å². The number of thiophene rings is 1. The summed E-state index contributed by atoms with van der Waals surface area (Å²) < 4.78 is 5.53. The zero-order chi connectivity index (χ0) is 18.8. The van der Waals surface area contributed by atoms with Crippen molar-refractivity contribution < 1.29 is 14.3 Å². The Morgan fingerprint density at radius 2 is 1.81 bits per heavy atom. The molecule has 0 radical (unpaired) electrons. The van der Waals surface area contributed by atoms with Crippen LogP contribution in [-0.2, 0) is 22.4 Å². The number of aryl methyl sites for hydroxylation is 1. The van der Waals surface area contributed by atoms with Crippen LogP contribution in [0.3, 0.4) is 0 Å². The number of ether oxygens (including phenoxy) is 1. The minimum atomic E-state index is -0.269. The number of anilines is 1. The van der Waals surface area contributed by atoms with Crippen LogP contribution in [0.5, 0.6) is 0 Å². The monoisotopic (exact) mass is 387 g/mol. The van der Waals surface area contributed by atoms with Gasteiger partial charge in [-0.05, 0) is 95.0 Å². The number of rotatable bonds is 4. The zero-order valence-corrected chi connectivity index (χ0v) is 17.1. The molecule has 5 aliphatic carbocycles. The Morgan fingerprint density at radius 1 is 1.11 bits per heavy atom. The zero-order valence-electron chi connectivity index (χ0n) is 16.3. The fraction of sp³-hybridized carbons (Fsp3) is 0.727. The van der Waals surface area contributed by atoms with Crippen molar-refractivity contribution in [1.29, 1.82) is 0 Å². The van der Waals surface area contributed by atoms with Gasteiger partial charge in [-0.25, -0.2) is 4.79 Å². The molecule has 5 heteroatoms. The van der Waals surface area contributed by atoms with Crippen molar-refractivity contribution in [2.75, 3.05) is 5.32 Å². The van der Waals surface area contributed by atoms with E-state index in [9.17, 15) is 9.59 Å². The van der Waals surface area contributed by atoms with E-state index in [0.717, 1.165) is 60.9 Å². The molecule has 0 aliphatic heterocycles. The molecule has 4 bridgehead atoms. The molecule has 1 aromatic rings. The molecule has 5 aliphatic rings. The van der Waals surface area contributed by atoms with Crippen molar-refractivity contribution in [2.45, 2.75) is 77.7 Å². The van der Waals surface area contributed by atoms with Gasteiger partial charge in [0.05, 0.1) is 17.1 Å². The van der Waals surface area contributed by atoms with Crippen LogP contribution in [0.15, 0.2) is 0 Å². The van der Waals surface area contributed by atoms with E-state index >= 15 is 0 Å². The molecule has 0 aromatic carbocycles. The first-order chi connectivity index (χ1) is 13.0. The van der Waals surface area contributed by atoms with Crippen LogP contribution in [0.1, 0.15) is 79.6 Å². The Bertz CT molecular complexity index is 782. The Balaban J connectivity index is 1.46. The normalized spacial score (nSPS) is 33.4. The first-order valence-corrected chi connectivity index (χ1v) is 11.4. The van der Waals surface area contributed by atoms with Gasteiger partial charge in [0, 0.05) is 4.88 Å². The van der Waals surface area contributed by atoms with Crippen molar-refractivity contribution in [3.63, 3.8) is 0 Å². The number of fused-ring (bicyclic) bond motifs is 1. The average molecular weight is 388 g/mol. The lowest BCUT2D eigenvalue weighted by Gasteiger charge is -2.31. The number of hydrogen-bond donors (Lipinski definition) is 1. The van der Waals surface area contributed by atoms with Gasteiger partial charge in [0.15, 0.2) is 0 Å². The summed E-state index contributed by atoms with van der Waals surface area (Å²) >= 11 is 1.61. The molecule has 4 nitrogen and oxygen atoms in total. The summed E-state index contributed by atoms with van der Waals surface area (Å²) in [5.74, 6) is 1.95. The fourth-order valence-corrected chi connectivity index (χ4v) is 7.81. The van der Waals surface area contributed by atoms with Gasteiger partial charge in [0.2, 0.25) is 5.91 Å². The van der Waals surface area contributed by atoms with Gasteiger partial charge in [-0.2, -0.15) is 0 Å². The number of hydrogen-bond acceptors (Lipinski definition) is 4. The smallest absolute Gasteiger partial charge is 0.341 e. The standard InChI is InChI=1S/C22H29NO3S/c1-12(2)26-20(24)18-16-5-3-4-6-17(16)27-19(18)23-21(25)22-10-13-7-14(11-22)9-15(22)8-13/h12-15H,3-11H2,1-2H3,(H,23,25). The average Bonchev–Trinajstić information content (AvgIpc) is 3.18. The molecule has 1 heterocycles. The highest BCUT2D eigenvalue weighted by Crippen LogP contribution is 2.65. The summed E-state index contributed by atoms with van der Waals surface area (Å²) in [4.78, 5) is 27.5. The molecule has 0 spiro atoms. The van der Waals surface area contributed by atoms with Gasteiger partial charge < -0.3 is 10.1 Å². The van der Waals surface area contributed by atoms with Crippen LogP contribution < -0.4 is 5.32 Å². The van der Waals surface area contributed by atoms with Crippen molar-refractivity contribution in [1.82, 2.24) is 0 Å².